The summed E-state index contributed by atoms with van der Waals surface area (Å²) in [5.41, 5.74) is 1.87. The molecule has 1 heterocycles. The zero-order valence-electron chi connectivity index (χ0n) is 10.6. The van der Waals surface area contributed by atoms with Crippen LogP contribution in [0, 0.1) is 18.3 Å². The Morgan fingerprint density at radius 2 is 2.21 bits per heavy atom. The van der Waals surface area contributed by atoms with Crippen molar-refractivity contribution in [2.24, 2.45) is 0 Å². The highest BCUT2D eigenvalue weighted by molar-refractivity contribution is 9.10. The molecule has 1 aromatic heterocycles. The molecule has 0 N–H and O–H groups in total. The second kappa shape index (κ2) is 4.73. The third-order valence-electron chi connectivity index (χ3n) is 3.72. The Bertz CT molecular complexity index is 665. The van der Waals surface area contributed by atoms with E-state index < -0.39 is 0 Å². The molecular formula is C15H13BrN2S. The molecule has 1 aromatic carbocycles. The van der Waals surface area contributed by atoms with Gasteiger partial charge in [0, 0.05) is 14.9 Å². The van der Waals surface area contributed by atoms with Gasteiger partial charge in [0.25, 0.3) is 0 Å². The van der Waals surface area contributed by atoms with Gasteiger partial charge in [-0.25, -0.2) is 4.98 Å². The molecule has 0 amide bonds. The number of halogens is 1. The number of hydrogen-bond donors (Lipinski definition) is 0. The number of nitrogens with zero attached hydrogens (tertiary/aromatic N) is 2. The Labute approximate surface area is 125 Å². The van der Waals surface area contributed by atoms with Crippen LogP contribution >= 0.6 is 27.3 Å². The van der Waals surface area contributed by atoms with Crippen molar-refractivity contribution in [2.75, 3.05) is 0 Å². The normalized spacial score (nSPS) is 16.7. The molecule has 0 radical (unpaired) electrons. The molecule has 1 aliphatic rings. The number of aromatic nitrogens is 1. The van der Waals surface area contributed by atoms with Crippen molar-refractivity contribution < 1.29 is 0 Å². The van der Waals surface area contributed by atoms with Crippen molar-refractivity contribution in [3.05, 3.63) is 39.3 Å². The zero-order chi connectivity index (χ0) is 13.5. The highest BCUT2D eigenvalue weighted by Gasteiger charge is 2.42. The summed E-state index contributed by atoms with van der Waals surface area (Å²) < 4.78 is 1.05. The van der Waals surface area contributed by atoms with Crippen LogP contribution in [0.4, 0.5) is 0 Å². The molecule has 2 nitrogen and oxygen atoms in total. The average molecular weight is 333 g/mol. The van der Waals surface area contributed by atoms with Gasteiger partial charge in [0.1, 0.15) is 5.01 Å². The van der Waals surface area contributed by atoms with Gasteiger partial charge >= 0.3 is 0 Å². The lowest BCUT2D eigenvalue weighted by Crippen LogP contribution is -2.31. The number of benzene rings is 1. The monoisotopic (exact) mass is 332 g/mol. The van der Waals surface area contributed by atoms with Crippen LogP contribution < -0.4 is 0 Å². The lowest BCUT2D eigenvalue weighted by Gasteiger charge is -2.34. The van der Waals surface area contributed by atoms with Crippen molar-refractivity contribution in [1.29, 1.82) is 5.26 Å². The molecule has 19 heavy (non-hydrogen) atoms. The topological polar surface area (TPSA) is 36.7 Å². The molecule has 1 aliphatic carbocycles. The van der Waals surface area contributed by atoms with Gasteiger partial charge in [0.05, 0.1) is 17.2 Å². The number of rotatable bonds is 2. The van der Waals surface area contributed by atoms with Gasteiger partial charge in [0.15, 0.2) is 0 Å². The summed E-state index contributed by atoms with van der Waals surface area (Å²) in [4.78, 5) is 5.83. The van der Waals surface area contributed by atoms with Gasteiger partial charge in [0.2, 0.25) is 0 Å². The van der Waals surface area contributed by atoms with Crippen molar-refractivity contribution in [3.8, 4) is 16.6 Å². The fraction of sp³-hybridized carbons (Fsp3) is 0.333. The van der Waals surface area contributed by atoms with Crippen LogP contribution in [-0.2, 0) is 5.41 Å². The minimum absolute atomic E-state index is 0.258. The van der Waals surface area contributed by atoms with E-state index in [-0.39, 0.29) is 5.41 Å². The molecule has 4 heteroatoms. The second-order valence-electron chi connectivity index (χ2n) is 4.99. The number of aryl methyl sites for hydroxylation is 1. The minimum atomic E-state index is -0.258. The largest absolute Gasteiger partial charge is 0.241 e. The summed E-state index contributed by atoms with van der Waals surface area (Å²) in [7, 11) is 0. The molecule has 0 aliphatic heterocycles. The van der Waals surface area contributed by atoms with Gasteiger partial charge in [-0.15, -0.1) is 11.3 Å². The first-order valence-electron chi connectivity index (χ1n) is 6.30. The molecular weight excluding hydrogens is 320 g/mol. The SMILES string of the molecule is Cc1nc(-c2cccc(Br)c2)sc1C1(C#N)CCC1. The summed E-state index contributed by atoms with van der Waals surface area (Å²) in [5, 5.41) is 10.5. The summed E-state index contributed by atoms with van der Waals surface area (Å²) in [6.07, 6.45) is 3.10. The fourth-order valence-corrected chi connectivity index (χ4v) is 4.16. The standard InChI is InChI=1S/C15H13BrN2S/c1-10-13(15(9-17)6-3-7-15)19-14(18-10)11-4-2-5-12(16)8-11/h2,4-5,8H,3,6-7H2,1H3. The first kappa shape index (κ1) is 12.8. The van der Waals surface area contributed by atoms with Gasteiger partial charge in [-0.05, 0) is 38.3 Å². The Balaban J connectivity index is 2.05. The van der Waals surface area contributed by atoms with E-state index >= 15 is 0 Å². The van der Waals surface area contributed by atoms with Crippen LogP contribution in [0.3, 0.4) is 0 Å². The summed E-state index contributed by atoms with van der Waals surface area (Å²) >= 11 is 5.16. The van der Waals surface area contributed by atoms with E-state index in [0.717, 1.165) is 44.9 Å². The molecule has 0 unspecified atom stereocenters. The molecule has 96 valence electrons. The predicted molar refractivity (Wildman–Crippen MR) is 81.1 cm³/mol. The van der Waals surface area contributed by atoms with Crippen LogP contribution in [0.25, 0.3) is 10.6 Å². The highest BCUT2D eigenvalue weighted by atomic mass is 79.9. The maximum Gasteiger partial charge on any atom is 0.123 e. The molecule has 1 fully saturated rings. The van der Waals surface area contributed by atoms with Crippen molar-refractivity contribution in [2.45, 2.75) is 31.6 Å². The smallest absolute Gasteiger partial charge is 0.123 e. The first-order valence-corrected chi connectivity index (χ1v) is 7.91. The second-order valence-corrected chi connectivity index (χ2v) is 6.91. The molecule has 0 spiro atoms. The molecule has 0 atom stereocenters. The fourth-order valence-electron chi connectivity index (χ4n) is 2.51. The van der Waals surface area contributed by atoms with E-state index in [2.05, 4.69) is 39.1 Å². The molecule has 0 saturated heterocycles. The van der Waals surface area contributed by atoms with E-state index in [9.17, 15) is 5.26 Å². The van der Waals surface area contributed by atoms with Crippen LogP contribution in [-0.4, -0.2) is 4.98 Å². The van der Waals surface area contributed by atoms with Crippen LogP contribution in [0.2, 0.25) is 0 Å². The van der Waals surface area contributed by atoms with Crippen LogP contribution in [0.5, 0.6) is 0 Å². The maximum atomic E-state index is 9.46. The van der Waals surface area contributed by atoms with E-state index in [1.54, 1.807) is 11.3 Å². The molecule has 0 bridgehead atoms. The first-order chi connectivity index (χ1) is 9.14. The van der Waals surface area contributed by atoms with Crippen LogP contribution in [0.1, 0.15) is 29.8 Å². The molecule has 1 saturated carbocycles. The van der Waals surface area contributed by atoms with Gasteiger partial charge in [-0.1, -0.05) is 28.1 Å². The number of thiazole rings is 1. The molecule has 3 rings (SSSR count). The Hall–Kier alpha value is -1.18. The van der Waals surface area contributed by atoms with Crippen molar-refractivity contribution >= 4 is 27.3 Å². The summed E-state index contributed by atoms with van der Waals surface area (Å²) in [5.74, 6) is 0. The van der Waals surface area contributed by atoms with E-state index in [1.165, 1.54) is 0 Å². The maximum absolute atomic E-state index is 9.46. The Kier molecular flexibility index (Phi) is 3.20. The van der Waals surface area contributed by atoms with E-state index in [0.29, 0.717) is 0 Å². The number of hydrogen-bond acceptors (Lipinski definition) is 3. The lowest BCUT2D eigenvalue weighted by molar-refractivity contribution is 0.328. The Morgan fingerprint density at radius 1 is 1.42 bits per heavy atom. The van der Waals surface area contributed by atoms with E-state index in [4.69, 9.17) is 0 Å². The highest BCUT2D eigenvalue weighted by Crippen LogP contribution is 2.48. The van der Waals surface area contributed by atoms with Gasteiger partial charge < -0.3 is 0 Å². The summed E-state index contributed by atoms with van der Waals surface area (Å²) in [6.45, 7) is 2.02. The minimum Gasteiger partial charge on any atom is -0.241 e. The number of nitriles is 1. The Morgan fingerprint density at radius 3 is 2.79 bits per heavy atom. The van der Waals surface area contributed by atoms with Gasteiger partial charge in [-0.2, -0.15) is 5.26 Å². The average Bonchev–Trinajstić information content (AvgIpc) is 2.72. The van der Waals surface area contributed by atoms with Crippen molar-refractivity contribution in [3.63, 3.8) is 0 Å². The predicted octanol–water partition coefficient (Wildman–Crippen LogP) is 4.83. The van der Waals surface area contributed by atoms with E-state index in [1.807, 2.05) is 19.1 Å². The quantitative estimate of drug-likeness (QED) is 0.789. The third kappa shape index (κ3) is 2.11. The van der Waals surface area contributed by atoms with Gasteiger partial charge in [-0.3, -0.25) is 0 Å². The lowest BCUT2D eigenvalue weighted by atomic mass is 9.68. The van der Waals surface area contributed by atoms with Crippen LogP contribution in [0.15, 0.2) is 28.7 Å². The zero-order valence-corrected chi connectivity index (χ0v) is 13.0. The summed E-state index contributed by atoms with van der Waals surface area (Å²) in [6, 6.07) is 10.7. The van der Waals surface area contributed by atoms with Crippen molar-refractivity contribution in [1.82, 2.24) is 4.98 Å². The third-order valence-corrected chi connectivity index (χ3v) is 5.63. The molecule has 2 aromatic rings.